The Labute approximate surface area is 131 Å². The predicted octanol–water partition coefficient (Wildman–Crippen LogP) is 3.68. The fourth-order valence-corrected chi connectivity index (χ4v) is 5.15. The zero-order valence-corrected chi connectivity index (χ0v) is 13.6. The maximum atomic E-state index is 12.3. The van der Waals surface area contributed by atoms with Crippen molar-refractivity contribution in [1.82, 2.24) is 4.72 Å². The van der Waals surface area contributed by atoms with E-state index in [1.54, 1.807) is 31.2 Å². The van der Waals surface area contributed by atoms with Gasteiger partial charge in [0.25, 0.3) is 0 Å². The van der Waals surface area contributed by atoms with E-state index in [0.717, 1.165) is 11.3 Å². The normalized spacial score (nSPS) is 13.3. The Hall–Kier alpha value is -0.790. The van der Waals surface area contributed by atoms with E-state index in [9.17, 15) is 8.42 Å². The minimum Gasteiger partial charge on any atom is -0.398 e. The van der Waals surface area contributed by atoms with Gasteiger partial charge in [0.05, 0.1) is 4.34 Å². The molecule has 0 aliphatic rings. The molecule has 3 N–H and O–H groups in total. The maximum Gasteiger partial charge on any atom is 0.243 e. The molecule has 1 unspecified atom stereocenters. The van der Waals surface area contributed by atoms with Crippen molar-refractivity contribution in [2.45, 2.75) is 17.9 Å². The monoisotopic (exact) mass is 350 g/mol. The maximum absolute atomic E-state index is 12.3. The van der Waals surface area contributed by atoms with Gasteiger partial charge in [0.1, 0.15) is 9.23 Å². The number of sulfonamides is 1. The summed E-state index contributed by atoms with van der Waals surface area (Å²) in [7, 11) is -3.75. The van der Waals surface area contributed by atoms with Gasteiger partial charge in [0.2, 0.25) is 10.0 Å². The van der Waals surface area contributed by atoms with Crippen LogP contribution >= 0.6 is 34.5 Å². The molecule has 108 valence electrons. The first-order valence-corrected chi connectivity index (χ1v) is 8.68. The Kier molecular flexibility index (Phi) is 4.61. The van der Waals surface area contributed by atoms with E-state index < -0.39 is 16.1 Å². The second-order valence-electron chi connectivity index (χ2n) is 4.16. The molecular weight excluding hydrogens is 339 g/mol. The number of hydrogen-bond acceptors (Lipinski definition) is 4. The molecule has 1 atom stereocenters. The highest BCUT2D eigenvalue weighted by Crippen LogP contribution is 2.35. The molecule has 0 saturated carbocycles. The Balaban J connectivity index is 2.29. The van der Waals surface area contributed by atoms with Gasteiger partial charge in [-0.15, -0.1) is 11.3 Å². The zero-order chi connectivity index (χ0) is 14.9. The number of nitrogens with one attached hydrogen (secondary N) is 1. The van der Waals surface area contributed by atoms with Crippen LogP contribution in [0.5, 0.6) is 0 Å². The summed E-state index contributed by atoms with van der Waals surface area (Å²) in [5, 5.41) is 0. The van der Waals surface area contributed by atoms with E-state index >= 15 is 0 Å². The number of rotatable bonds is 4. The van der Waals surface area contributed by atoms with E-state index in [2.05, 4.69) is 4.72 Å². The second kappa shape index (κ2) is 5.91. The smallest absolute Gasteiger partial charge is 0.243 e. The summed E-state index contributed by atoms with van der Waals surface area (Å²) in [5.41, 5.74) is 7.06. The van der Waals surface area contributed by atoms with Crippen molar-refractivity contribution in [3.05, 3.63) is 44.6 Å². The number of benzene rings is 1. The summed E-state index contributed by atoms with van der Waals surface area (Å²) >= 11 is 12.7. The molecule has 20 heavy (non-hydrogen) atoms. The van der Waals surface area contributed by atoms with Crippen LogP contribution in [0.2, 0.25) is 8.67 Å². The first-order valence-electron chi connectivity index (χ1n) is 5.63. The van der Waals surface area contributed by atoms with Gasteiger partial charge in [-0.3, -0.25) is 0 Å². The molecule has 0 spiro atoms. The van der Waals surface area contributed by atoms with Gasteiger partial charge in [-0.1, -0.05) is 41.4 Å². The van der Waals surface area contributed by atoms with Crippen LogP contribution in [0.3, 0.4) is 0 Å². The van der Waals surface area contributed by atoms with Crippen LogP contribution in [0.15, 0.2) is 35.2 Å². The summed E-state index contributed by atoms with van der Waals surface area (Å²) < 4.78 is 27.5. The number of halogens is 2. The van der Waals surface area contributed by atoms with E-state index in [1.165, 1.54) is 6.07 Å². The fourth-order valence-electron chi connectivity index (χ4n) is 1.77. The van der Waals surface area contributed by atoms with Gasteiger partial charge in [0, 0.05) is 11.7 Å². The summed E-state index contributed by atoms with van der Waals surface area (Å²) in [6.07, 6.45) is 0. The highest BCUT2D eigenvalue weighted by atomic mass is 35.5. The van der Waals surface area contributed by atoms with Gasteiger partial charge in [-0.25, -0.2) is 13.1 Å². The van der Waals surface area contributed by atoms with Crippen molar-refractivity contribution >= 4 is 50.2 Å². The van der Waals surface area contributed by atoms with Crippen LogP contribution in [0.4, 0.5) is 5.69 Å². The van der Waals surface area contributed by atoms with Gasteiger partial charge < -0.3 is 5.73 Å². The Bertz CT molecular complexity index is 729. The van der Waals surface area contributed by atoms with Crippen molar-refractivity contribution in [1.29, 1.82) is 0 Å². The molecule has 0 bridgehead atoms. The molecule has 1 aromatic carbocycles. The second-order valence-corrected chi connectivity index (χ2v) is 8.13. The van der Waals surface area contributed by atoms with Gasteiger partial charge in [-0.05, 0) is 24.6 Å². The Morgan fingerprint density at radius 1 is 1.30 bits per heavy atom. The van der Waals surface area contributed by atoms with Crippen LogP contribution in [0.25, 0.3) is 0 Å². The third-order valence-electron chi connectivity index (χ3n) is 2.71. The van der Waals surface area contributed by atoms with Crippen molar-refractivity contribution in [3.8, 4) is 0 Å². The molecule has 4 nitrogen and oxygen atoms in total. The van der Waals surface area contributed by atoms with Crippen LogP contribution < -0.4 is 10.5 Å². The Morgan fingerprint density at radius 2 is 1.95 bits per heavy atom. The van der Waals surface area contributed by atoms with Crippen LogP contribution in [-0.2, 0) is 10.0 Å². The average Bonchev–Trinajstić information content (AvgIpc) is 2.69. The van der Waals surface area contributed by atoms with E-state index in [4.69, 9.17) is 28.9 Å². The van der Waals surface area contributed by atoms with Crippen LogP contribution in [-0.4, -0.2) is 8.42 Å². The third-order valence-corrected chi connectivity index (χ3v) is 6.00. The molecule has 1 aromatic heterocycles. The van der Waals surface area contributed by atoms with Crippen LogP contribution in [0.1, 0.15) is 18.5 Å². The van der Waals surface area contributed by atoms with Crippen molar-refractivity contribution in [2.24, 2.45) is 0 Å². The minimum absolute atomic E-state index is 0.0180. The number of nitrogens with two attached hydrogens (primary N) is 1. The number of nitrogen functional groups attached to an aromatic ring is 1. The number of thiophene rings is 1. The molecule has 8 heteroatoms. The SMILES string of the molecule is CC(NS(=O)(=O)c1cc(Cl)sc1Cl)c1ccccc1N. The molecule has 0 fully saturated rings. The fraction of sp³-hybridized carbons (Fsp3) is 0.167. The predicted molar refractivity (Wildman–Crippen MR) is 83.9 cm³/mol. The van der Waals surface area contributed by atoms with Gasteiger partial charge >= 0.3 is 0 Å². The number of anilines is 1. The molecule has 2 aromatic rings. The topological polar surface area (TPSA) is 72.2 Å². The summed E-state index contributed by atoms with van der Waals surface area (Å²) in [5.74, 6) is 0. The molecule has 0 aliphatic carbocycles. The largest absolute Gasteiger partial charge is 0.398 e. The van der Waals surface area contributed by atoms with Crippen molar-refractivity contribution in [2.75, 3.05) is 5.73 Å². The molecule has 0 saturated heterocycles. The molecular formula is C12H12Cl2N2O2S2. The summed E-state index contributed by atoms with van der Waals surface area (Å²) in [6, 6.07) is 7.92. The third kappa shape index (κ3) is 3.27. The van der Waals surface area contributed by atoms with Crippen molar-refractivity contribution < 1.29 is 8.42 Å². The molecule has 0 radical (unpaired) electrons. The van der Waals surface area contributed by atoms with Crippen LogP contribution in [0, 0.1) is 0 Å². The standard InChI is InChI=1S/C12H12Cl2N2O2S2/c1-7(8-4-2-3-5-9(8)15)16-20(17,18)10-6-11(13)19-12(10)14/h2-7,16H,15H2,1H3. The van der Waals surface area contributed by atoms with E-state index in [-0.39, 0.29) is 9.23 Å². The zero-order valence-electron chi connectivity index (χ0n) is 10.4. The van der Waals surface area contributed by atoms with Crippen molar-refractivity contribution in [3.63, 3.8) is 0 Å². The van der Waals surface area contributed by atoms with E-state index in [0.29, 0.717) is 15.6 Å². The van der Waals surface area contributed by atoms with Gasteiger partial charge in [-0.2, -0.15) is 0 Å². The lowest BCUT2D eigenvalue weighted by Crippen LogP contribution is -2.27. The number of hydrogen-bond donors (Lipinski definition) is 2. The van der Waals surface area contributed by atoms with Gasteiger partial charge in [0.15, 0.2) is 0 Å². The highest BCUT2D eigenvalue weighted by Gasteiger charge is 2.24. The quantitative estimate of drug-likeness (QED) is 0.826. The molecule has 0 amide bonds. The molecule has 1 heterocycles. The minimum atomic E-state index is -3.75. The number of para-hydroxylation sites is 1. The Morgan fingerprint density at radius 3 is 2.50 bits per heavy atom. The lowest BCUT2D eigenvalue weighted by molar-refractivity contribution is 0.567. The highest BCUT2D eigenvalue weighted by molar-refractivity contribution is 7.89. The molecule has 0 aliphatic heterocycles. The lowest BCUT2D eigenvalue weighted by atomic mass is 10.1. The summed E-state index contributed by atoms with van der Waals surface area (Å²) in [6.45, 7) is 1.71. The van der Waals surface area contributed by atoms with E-state index in [1.807, 2.05) is 0 Å². The molecule has 2 rings (SSSR count). The first-order chi connectivity index (χ1) is 9.31. The average molecular weight is 351 g/mol. The first kappa shape index (κ1) is 15.6. The lowest BCUT2D eigenvalue weighted by Gasteiger charge is -2.16. The summed E-state index contributed by atoms with van der Waals surface area (Å²) in [4.78, 5) is -0.0180.